The summed E-state index contributed by atoms with van der Waals surface area (Å²) in [5.41, 5.74) is 2.55. The summed E-state index contributed by atoms with van der Waals surface area (Å²) in [4.78, 5) is 5.09. The molecule has 0 radical (unpaired) electrons. The molecule has 3 atom stereocenters. The number of benzene rings is 2. The number of hydrogen-bond acceptors (Lipinski definition) is 6. The summed E-state index contributed by atoms with van der Waals surface area (Å²) in [6.07, 6.45) is 4.80. The Morgan fingerprint density at radius 3 is 2.44 bits per heavy atom. The molecular formula is C28H37N5O. The fourth-order valence-electron chi connectivity index (χ4n) is 5.46. The molecular weight excluding hydrogens is 422 g/mol. The van der Waals surface area contributed by atoms with Crippen molar-refractivity contribution in [2.24, 2.45) is 0 Å². The third-order valence-electron chi connectivity index (χ3n) is 7.36. The molecule has 3 heterocycles. The van der Waals surface area contributed by atoms with Crippen LogP contribution in [-0.4, -0.2) is 59.3 Å². The molecule has 5 rings (SSSR count). The van der Waals surface area contributed by atoms with E-state index in [9.17, 15) is 0 Å². The molecule has 6 nitrogen and oxygen atoms in total. The van der Waals surface area contributed by atoms with E-state index in [1.807, 2.05) is 0 Å². The Labute approximate surface area is 203 Å². The maximum absolute atomic E-state index is 6.50. The van der Waals surface area contributed by atoms with Gasteiger partial charge in [0.1, 0.15) is 6.04 Å². The molecule has 3 aromatic rings. The summed E-state index contributed by atoms with van der Waals surface area (Å²) in [6.45, 7) is 8.63. The molecule has 2 fully saturated rings. The fraction of sp³-hybridized carbons (Fsp3) is 0.500. The van der Waals surface area contributed by atoms with Crippen LogP contribution < -0.4 is 5.32 Å². The van der Waals surface area contributed by atoms with Gasteiger partial charge in [-0.3, -0.25) is 4.90 Å². The Hall–Kier alpha value is -2.54. The molecule has 0 saturated carbocycles. The van der Waals surface area contributed by atoms with Gasteiger partial charge in [0.2, 0.25) is 11.8 Å². The van der Waals surface area contributed by atoms with Crippen molar-refractivity contribution in [1.29, 1.82) is 0 Å². The second-order valence-electron chi connectivity index (χ2n) is 9.61. The smallest absolute Gasteiger partial charge is 0.238 e. The van der Waals surface area contributed by atoms with Crippen molar-refractivity contribution in [2.75, 3.05) is 39.3 Å². The van der Waals surface area contributed by atoms with Crippen molar-refractivity contribution in [3.05, 3.63) is 83.6 Å². The van der Waals surface area contributed by atoms with E-state index >= 15 is 0 Å². The van der Waals surface area contributed by atoms with Gasteiger partial charge in [0.15, 0.2) is 0 Å². The minimum absolute atomic E-state index is 0.00505. The monoisotopic (exact) mass is 459 g/mol. The van der Waals surface area contributed by atoms with Gasteiger partial charge in [-0.1, -0.05) is 74.0 Å². The van der Waals surface area contributed by atoms with Gasteiger partial charge in [-0.2, -0.15) is 0 Å². The molecule has 0 bridgehead atoms. The lowest BCUT2D eigenvalue weighted by atomic mass is 9.85. The van der Waals surface area contributed by atoms with Crippen molar-refractivity contribution in [3.8, 4) is 0 Å². The quantitative estimate of drug-likeness (QED) is 0.523. The van der Waals surface area contributed by atoms with E-state index in [1.165, 1.54) is 30.5 Å². The van der Waals surface area contributed by atoms with Gasteiger partial charge in [0.05, 0.1) is 6.04 Å². The van der Waals surface area contributed by atoms with E-state index in [2.05, 4.69) is 92.9 Å². The summed E-state index contributed by atoms with van der Waals surface area (Å²) in [7, 11) is 0. The second kappa shape index (κ2) is 11.3. The first-order chi connectivity index (χ1) is 16.8. The highest BCUT2D eigenvalue weighted by atomic mass is 16.4. The van der Waals surface area contributed by atoms with Crippen molar-refractivity contribution < 1.29 is 4.42 Å². The van der Waals surface area contributed by atoms with E-state index in [0.717, 1.165) is 45.6 Å². The summed E-state index contributed by atoms with van der Waals surface area (Å²) in [5.74, 6) is 1.77. The normalized spacial score (nSPS) is 23.1. The van der Waals surface area contributed by atoms with Gasteiger partial charge < -0.3 is 14.6 Å². The number of unbranched alkanes of at least 4 members (excludes halogenated alkanes) is 1. The number of piperazine rings is 1. The molecule has 2 saturated heterocycles. The molecule has 2 aromatic carbocycles. The van der Waals surface area contributed by atoms with Crippen molar-refractivity contribution in [2.45, 2.75) is 50.6 Å². The first-order valence-electron chi connectivity index (χ1n) is 13.0. The van der Waals surface area contributed by atoms with Crippen LogP contribution in [-0.2, 0) is 0 Å². The van der Waals surface area contributed by atoms with Crippen LogP contribution in [0.25, 0.3) is 0 Å². The lowest BCUT2D eigenvalue weighted by Crippen LogP contribution is -2.48. The van der Waals surface area contributed by atoms with Gasteiger partial charge in [-0.25, -0.2) is 0 Å². The summed E-state index contributed by atoms with van der Waals surface area (Å²) in [5, 5.41) is 12.9. The fourth-order valence-corrected chi connectivity index (χ4v) is 5.46. The highest BCUT2D eigenvalue weighted by Crippen LogP contribution is 2.38. The maximum atomic E-state index is 6.50. The van der Waals surface area contributed by atoms with Crippen LogP contribution in [0.5, 0.6) is 0 Å². The molecule has 34 heavy (non-hydrogen) atoms. The summed E-state index contributed by atoms with van der Waals surface area (Å²) >= 11 is 0. The van der Waals surface area contributed by atoms with E-state index in [4.69, 9.17) is 4.42 Å². The zero-order chi connectivity index (χ0) is 23.2. The molecule has 6 heteroatoms. The van der Waals surface area contributed by atoms with E-state index in [0.29, 0.717) is 17.7 Å². The SMILES string of the molecule is CCCCN1CCN(C(c2ccccc2)c2nnc(C3NCCCC3c3ccccc3)o2)CC1. The predicted octanol–water partition coefficient (Wildman–Crippen LogP) is 4.79. The zero-order valence-electron chi connectivity index (χ0n) is 20.3. The Kier molecular flexibility index (Phi) is 7.69. The molecule has 0 amide bonds. The minimum atomic E-state index is -0.00505. The number of nitrogens with zero attached hydrogens (tertiary/aromatic N) is 4. The zero-order valence-corrected chi connectivity index (χ0v) is 20.3. The standard InChI is InChI=1S/C28H37N5O/c1-2-3-17-32-18-20-33(21-19-32)26(23-13-8-5-9-14-23)28-31-30-27(34-28)25-24(15-10-16-29-25)22-11-6-4-7-12-22/h4-9,11-14,24-26,29H,2-3,10,15-21H2,1H3. The van der Waals surface area contributed by atoms with Gasteiger partial charge in [-0.15, -0.1) is 10.2 Å². The Morgan fingerprint density at radius 2 is 1.71 bits per heavy atom. The van der Waals surface area contributed by atoms with Gasteiger partial charge in [0.25, 0.3) is 0 Å². The number of piperidine rings is 1. The Balaban J connectivity index is 1.38. The first-order valence-corrected chi connectivity index (χ1v) is 13.0. The highest BCUT2D eigenvalue weighted by molar-refractivity contribution is 5.26. The second-order valence-corrected chi connectivity index (χ2v) is 9.61. The van der Waals surface area contributed by atoms with E-state index < -0.39 is 0 Å². The highest BCUT2D eigenvalue weighted by Gasteiger charge is 2.35. The van der Waals surface area contributed by atoms with Crippen molar-refractivity contribution in [1.82, 2.24) is 25.3 Å². The van der Waals surface area contributed by atoms with Crippen LogP contribution in [0.4, 0.5) is 0 Å². The molecule has 1 N–H and O–H groups in total. The van der Waals surface area contributed by atoms with E-state index in [1.54, 1.807) is 0 Å². The van der Waals surface area contributed by atoms with Crippen LogP contribution in [0.2, 0.25) is 0 Å². The van der Waals surface area contributed by atoms with Crippen LogP contribution >= 0.6 is 0 Å². The van der Waals surface area contributed by atoms with Gasteiger partial charge in [0, 0.05) is 32.1 Å². The van der Waals surface area contributed by atoms with Gasteiger partial charge >= 0.3 is 0 Å². The molecule has 2 aliphatic rings. The molecule has 3 unspecified atom stereocenters. The van der Waals surface area contributed by atoms with Crippen LogP contribution in [0.3, 0.4) is 0 Å². The number of aromatic nitrogens is 2. The van der Waals surface area contributed by atoms with Crippen LogP contribution in [0.1, 0.15) is 73.5 Å². The molecule has 0 spiro atoms. The largest absolute Gasteiger partial charge is 0.421 e. The number of hydrogen-bond donors (Lipinski definition) is 1. The Morgan fingerprint density at radius 1 is 0.971 bits per heavy atom. The van der Waals surface area contributed by atoms with Crippen LogP contribution in [0.15, 0.2) is 65.1 Å². The molecule has 0 aliphatic carbocycles. The lowest BCUT2D eigenvalue weighted by molar-refractivity contribution is 0.0972. The van der Waals surface area contributed by atoms with Crippen molar-refractivity contribution in [3.63, 3.8) is 0 Å². The third-order valence-corrected chi connectivity index (χ3v) is 7.36. The summed E-state index contributed by atoms with van der Waals surface area (Å²) in [6, 6.07) is 21.4. The van der Waals surface area contributed by atoms with Gasteiger partial charge in [-0.05, 0) is 43.5 Å². The third kappa shape index (κ3) is 5.24. The number of nitrogens with one attached hydrogen (secondary N) is 1. The molecule has 2 aliphatic heterocycles. The van der Waals surface area contributed by atoms with Crippen LogP contribution in [0, 0.1) is 0 Å². The average Bonchev–Trinajstić information content (AvgIpc) is 3.39. The number of rotatable bonds is 8. The first kappa shape index (κ1) is 23.2. The Bertz CT molecular complexity index is 1000. The van der Waals surface area contributed by atoms with E-state index in [-0.39, 0.29) is 12.1 Å². The van der Waals surface area contributed by atoms with Crippen molar-refractivity contribution >= 4 is 0 Å². The average molecular weight is 460 g/mol. The molecule has 180 valence electrons. The summed E-state index contributed by atoms with van der Waals surface area (Å²) < 4.78 is 6.50. The topological polar surface area (TPSA) is 57.4 Å². The predicted molar refractivity (Wildman–Crippen MR) is 135 cm³/mol. The maximum Gasteiger partial charge on any atom is 0.238 e. The molecule has 1 aromatic heterocycles. The lowest BCUT2D eigenvalue weighted by Gasteiger charge is -2.38. The minimum Gasteiger partial charge on any atom is -0.421 e.